The molecule has 1 unspecified atom stereocenters. The Labute approximate surface area is 118 Å². The fraction of sp³-hybridized carbons (Fsp3) is 0.533. The van der Waals surface area contributed by atoms with Crippen LogP contribution in [-0.4, -0.2) is 24.6 Å². The van der Waals surface area contributed by atoms with Gasteiger partial charge in [0, 0.05) is 11.8 Å². The molecule has 1 saturated heterocycles. The average Bonchev–Trinajstić information content (AvgIpc) is 2.92. The van der Waals surface area contributed by atoms with Gasteiger partial charge >= 0.3 is 0 Å². The molecular weight excluding hydrogens is 259 g/mol. The number of rotatable bonds is 5. The highest BCUT2D eigenvalue weighted by molar-refractivity contribution is 5.98. The summed E-state index contributed by atoms with van der Waals surface area (Å²) < 4.78 is 18.9. The maximum Gasteiger partial charge on any atom is 0.244 e. The molecule has 1 fully saturated rings. The van der Waals surface area contributed by atoms with Gasteiger partial charge in [-0.05, 0) is 44.9 Å². The highest BCUT2D eigenvalue weighted by Crippen LogP contribution is 2.26. The van der Waals surface area contributed by atoms with Crippen LogP contribution in [0.25, 0.3) is 0 Å². The molecule has 2 N–H and O–H groups in total. The molecule has 0 aliphatic carbocycles. The molecular formula is C15H21FN2O2. The van der Waals surface area contributed by atoms with Gasteiger partial charge in [-0.2, -0.15) is 0 Å². The Bertz CT molecular complexity index is 485. The van der Waals surface area contributed by atoms with Crippen LogP contribution in [0.15, 0.2) is 18.2 Å². The maximum absolute atomic E-state index is 13.8. The molecule has 0 aromatic heterocycles. The van der Waals surface area contributed by atoms with Crippen LogP contribution in [0.3, 0.4) is 0 Å². The highest BCUT2D eigenvalue weighted by atomic mass is 19.1. The standard InChI is InChI=1S/C15H21FN2O2/c1-3-15(8-5-9-17-15)14(19)18-11-6-7-13(20-4-2)12(16)10-11/h6-7,10,17H,3-5,8-9H2,1-2H3,(H,18,19). The Morgan fingerprint density at radius 3 is 2.85 bits per heavy atom. The lowest BCUT2D eigenvalue weighted by atomic mass is 9.93. The van der Waals surface area contributed by atoms with Crippen LogP contribution in [0, 0.1) is 5.82 Å². The number of carbonyl (C=O) groups is 1. The minimum Gasteiger partial charge on any atom is -0.491 e. The summed E-state index contributed by atoms with van der Waals surface area (Å²) in [6.07, 6.45) is 2.52. The van der Waals surface area contributed by atoms with Crippen molar-refractivity contribution in [2.24, 2.45) is 0 Å². The minimum absolute atomic E-state index is 0.0962. The van der Waals surface area contributed by atoms with Crippen molar-refractivity contribution in [2.75, 3.05) is 18.5 Å². The van der Waals surface area contributed by atoms with Crippen LogP contribution in [0.4, 0.5) is 10.1 Å². The van der Waals surface area contributed by atoms with Crippen LogP contribution < -0.4 is 15.4 Å². The number of nitrogens with one attached hydrogen (secondary N) is 2. The van der Waals surface area contributed by atoms with Crippen molar-refractivity contribution in [3.05, 3.63) is 24.0 Å². The Balaban J connectivity index is 2.09. The van der Waals surface area contributed by atoms with Gasteiger partial charge in [-0.25, -0.2) is 4.39 Å². The van der Waals surface area contributed by atoms with Gasteiger partial charge in [-0.1, -0.05) is 6.92 Å². The lowest BCUT2D eigenvalue weighted by Gasteiger charge is -2.26. The summed E-state index contributed by atoms with van der Waals surface area (Å²) in [5, 5.41) is 6.04. The fourth-order valence-electron chi connectivity index (χ4n) is 2.56. The first-order valence-electron chi connectivity index (χ1n) is 7.10. The van der Waals surface area contributed by atoms with Gasteiger partial charge in [0.1, 0.15) is 0 Å². The van der Waals surface area contributed by atoms with E-state index in [-0.39, 0.29) is 11.7 Å². The third-order valence-electron chi connectivity index (χ3n) is 3.77. The van der Waals surface area contributed by atoms with Crippen LogP contribution >= 0.6 is 0 Å². The Kier molecular flexibility index (Phi) is 4.60. The van der Waals surface area contributed by atoms with E-state index < -0.39 is 11.4 Å². The summed E-state index contributed by atoms with van der Waals surface area (Å²) in [7, 11) is 0. The predicted octanol–water partition coefficient (Wildman–Crippen LogP) is 2.70. The van der Waals surface area contributed by atoms with Gasteiger partial charge in [0.15, 0.2) is 11.6 Å². The van der Waals surface area contributed by atoms with Crippen LogP contribution in [0.2, 0.25) is 0 Å². The molecule has 0 radical (unpaired) electrons. The SMILES string of the molecule is CCOc1ccc(NC(=O)C2(CC)CCCN2)cc1F. The van der Waals surface area contributed by atoms with Crippen molar-refractivity contribution in [3.63, 3.8) is 0 Å². The summed E-state index contributed by atoms with van der Waals surface area (Å²) in [5.74, 6) is -0.356. The number of halogens is 1. The molecule has 0 saturated carbocycles. The number of hydrogen-bond acceptors (Lipinski definition) is 3. The first kappa shape index (κ1) is 14.8. The van der Waals surface area contributed by atoms with Crippen LogP contribution in [-0.2, 0) is 4.79 Å². The highest BCUT2D eigenvalue weighted by Gasteiger charge is 2.39. The van der Waals surface area contributed by atoms with E-state index in [9.17, 15) is 9.18 Å². The lowest BCUT2D eigenvalue weighted by molar-refractivity contribution is -0.122. The molecule has 1 amide bonds. The maximum atomic E-state index is 13.8. The molecule has 1 aliphatic heterocycles. The summed E-state index contributed by atoms with van der Waals surface area (Å²) in [4.78, 5) is 12.4. The van der Waals surface area contributed by atoms with E-state index in [0.29, 0.717) is 12.3 Å². The normalized spacial score (nSPS) is 21.8. The number of anilines is 1. The van der Waals surface area contributed by atoms with E-state index in [4.69, 9.17) is 4.74 Å². The van der Waals surface area contributed by atoms with Crippen molar-refractivity contribution in [3.8, 4) is 5.75 Å². The topological polar surface area (TPSA) is 50.4 Å². The van der Waals surface area contributed by atoms with Crippen molar-refractivity contribution < 1.29 is 13.9 Å². The monoisotopic (exact) mass is 280 g/mol. The zero-order chi connectivity index (χ0) is 14.6. The first-order valence-corrected chi connectivity index (χ1v) is 7.10. The second-order valence-electron chi connectivity index (χ2n) is 5.00. The Hall–Kier alpha value is -1.62. The molecule has 0 bridgehead atoms. The summed E-state index contributed by atoms with van der Waals surface area (Å²) in [6.45, 7) is 5.03. The molecule has 1 aromatic rings. The predicted molar refractivity (Wildman–Crippen MR) is 76.5 cm³/mol. The zero-order valence-corrected chi connectivity index (χ0v) is 12.0. The fourth-order valence-corrected chi connectivity index (χ4v) is 2.56. The smallest absolute Gasteiger partial charge is 0.244 e. The van der Waals surface area contributed by atoms with Gasteiger partial charge in [0.05, 0.1) is 12.1 Å². The molecule has 5 heteroatoms. The van der Waals surface area contributed by atoms with E-state index >= 15 is 0 Å². The van der Waals surface area contributed by atoms with E-state index in [1.54, 1.807) is 13.0 Å². The summed E-state index contributed by atoms with van der Waals surface area (Å²) >= 11 is 0. The third-order valence-corrected chi connectivity index (χ3v) is 3.77. The second kappa shape index (κ2) is 6.22. The van der Waals surface area contributed by atoms with Gasteiger partial charge in [0.25, 0.3) is 0 Å². The van der Waals surface area contributed by atoms with Crippen LogP contribution in [0.1, 0.15) is 33.1 Å². The number of carbonyl (C=O) groups excluding carboxylic acids is 1. The van der Waals surface area contributed by atoms with Crippen LogP contribution in [0.5, 0.6) is 5.75 Å². The third kappa shape index (κ3) is 2.93. The number of amides is 1. The first-order chi connectivity index (χ1) is 9.61. The molecule has 1 atom stereocenters. The largest absolute Gasteiger partial charge is 0.491 e. The second-order valence-corrected chi connectivity index (χ2v) is 5.00. The molecule has 1 aliphatic rings. The zero-order valence-electron chi connectivity index (χ0n) is 12.0. The van der Waals surface area contributed by atoms with E-state index in [2.05, 4.69) is 10.6 Å². The molecule has 1 heterocycles. The molecule has 1 aromatic carbocycles. The molecule has 4 nitrogen and oxygen atoms in total. The molecule has 110 valence electrons. The van der Waals surface area contributed by atoms with Gasteiger partial charge in [0.2, 0.25) is 5.91 Å². The average molecular weight is 280 g/mol. The lowest BCUT2D eigenvalue weighted by Crippen LogP contribution is -2.50. The van der Waals surface area contributed by atoms with E-state index in [1.165, 1.54) is 12.1 Å². The quantitative estimate of drug-likeness (QED) is 0.872. The van der Waals surface area contributed by atoms with Gasteiger partial charge in [-0.3, -0.25) is 4.79 Å². The Morgan fingerprint density at radius 2 is 2.30 bits per heavy atom. The van der Waals surface area contributed by atoms with Crippen molar-refractivity contribution in [1.29, 1.82) is 0 Å². The van der Waals surface area contributed by atoms with Crippen molar-refractivity contribution in [2.45, 2.75) is 38.6 Å². The molecule has 2 rings (SSSR count). The number of ether oxygens (including phenoxy) is 1. The van der Waals surface area contributed by atoms with E-state index in [0.717, 1.165) is 25.8 Å². The number of hydrogen-bond donors (Lipinski definition) is 2. The Morgan fingerprint density at radius 1 is 1.50 bits per heavy atom. The van der Waals surface area contributed by atoms with Crippen molar-refractivity contribution >= 4 is 11.6 Å². The van der Waals surface area contributed by atoms with E-state index in [1.807, 2.05) is 6.92 Å². The summed E-state index contributed by atoms with van der Waals surface area (Å²) in [5.41, 5.74) is -0.0628. The molecule has 20 heavy (non-hydrogen) atoms. The minimum atomic E-state index is -0.519. The summed E-state index contributed by atoms with van der Waals surface area (Å²) in [6, 6.07) is 4.49. The number of benzene rings is 1. The van der Waals surface area contributed by atoms with Gasteiger partial charge in [-0.15, -0.1) is 0 Å². The van der Waals surface area contributed by atoms with Crippen molar-refractivity contribution in [1.82, 2.24) is 5.32 Å². The van der Waals surface area contributed by atoms with Gasteiger partial charge < -0.3 is 15.4 Å². The molecule has 0 spiro atoms.